The van der Waals surface area contributed by atoms with Crippen LogP contribution < -0.4 is 5.32 Å². The molecule has 0 spiro atoms. The lowest BCUT2D eigenvalue weighted by molar-refractivity contribution is -0.143. The molecule has 1 aliphatic heterocycles. The first-order valence-electron chi connectivity index (χ1n) is 6.48. The summed E-state index contributed by atoms with van der Waals surface area (Å²) in [6.07, 6.45) is 0.933. The van der Waals surface area contributed by atoms with Gasteiger partial charge in [0.15, 0.2) is 0 Å². The van der Waals surface area contributed by atoms with Crippen molar-refractivity contribution in [2.45, 2.75) is 19.9 Å². The molecule has 4 amide bonds. The summed E-state index contributed by atoms with van der Waals surface area (Å²) in [5.41, 5.74) is 0.363. The maximum absolute atomic E-state index is 11.8. The number of likely N-dealkylation sites (N-methyl/N-ethyl adjacent to an activating group) is 1. The number of imide groups is 2. The van der Waals surface area contributed by atoms with Crippen LogP contribution in [0.4, 0.5) is 10.6 Å². The lowest BCUT2D eigenvalue weighted by atomic mass is 10.3. The van der Waals surface area contributed by atoms with Crippen molar-refractivity contribution in [3.8, 4) is 0 Å². The van der Waals surface area contributed by atoms with Gasteiger partial charge in [0.2, 0.25) is 0 Å². The van der Waals surface area contributed by atoms with Gasteiger partial charge in [-0.05, 0) is 18.6 Å². The second-order valence-electron chi connectivity index (χ2n) is 4.59. The van der Waals surface area contributed by atoms with Crippen molar-refractivity contribution >= 4 is 35.3 Å². The van der Waals surface area contributed by atoms with E-state index in [1.165, 1.54) is 7.05 Å². The predicted octanol–water partition coefficient (Wildman–Crippen LogP) is 1.48. The van der Waals surface area contributed by atoms with Crippen LogP contribution in [0.2, 0.25) is 5.02 Å². The molecule has 1 aromatic rings. The molecule has 21 heavy (non-hydrogen) atoms. The number of nitrogens with zero attached hydrogens (tertiary/aromatic N) is 3. The Morgan fingerprint density at radius 3 is 2.52 bits per heavy atom. The van der Waals surface area contributed by atoms with Gasteiger partial charge >= 0.3 is 17.8 Å². The van der Waals surface area contributed by atoms with Crippen LogP contribution >= 0.6 is 11.6 Å². The Bertz CT molecular complexity index is 605. The number of amides is 4. The zero-order chi connectivity index (χ0) is 15.6. The van der Waals surface area contributed by atoms with E-state index in [0.29, 0.717) is 16.5 Å². The Morgan fingerprint density at radius 2 is 1.95 bits per heavy atom. The molecule has 0 atom stereocenters. The first-order chi connectivity index (χ1) is 9.95. The molecular weight excluding hydrogens is 296 g/mol. The number of halogens is 1. The van der Waals surface area contributed by atoms with Gasteiger partial charge in [-0.3, -0.25) is 14.5 Å². The maximum Gasteiger partial charge on any atom is 0.334 e. The molecule has 1 saturated heterocycles. The summed E-state index contributed by atoms with van der Waals surface area (Å²) < 4.78 is 0. The van der Waals surface area contributed by atoms with E-state index in [2.05, 4.69) is 10.3 Å². The van der Waals surface area contributed by atoms with Crippen LogP contribution in [0.15, 0.2) is 12.1 Å². The van der Waals surface area contributed by atoms with Crippen molar-refractivity contribution in [2.75, 3.05) is 18.9 Å². The van der Waals surface area contributed by atoms with Crippen LogP contribution in [-0.4, -0.2) is 46.2 Å². The van der Waals surface area contributed by atoms with Crippen LogP contribution in [0.25, 0.3) is 0 Å². The van der Waals surface area contributed by atoms with Crippen LogP contribution in [0, 0.1) is 0 Å². The highest BCUT2D eigenvalue weighted by Gasteiger charge is 2.42. The van der Waals surface area contributed by atoms with Crippen LogP contribution in [0.5, 0.6) is 0 Å². The SMILES string of the molecule is CCCNc1ccc(Cl)c(CN2C(=O)C(=O)N(C)C2=O)n1. The molecule has 8 heteroatoms. The number of anilines is 1. The van der Waals surface area contributed by atoms with Gasteiger partial charge in [0, 0.05) is 13.6 Å². The van der Waals surface area contributed by atoms with E-state index in [1.54, 1.807) is 12.1 Å². The van der Waals surface area contributed by atoms with Gasteiger partial charge in [-0.15, -0.1) is 0 Å². The standard InChI is InChI=1S/C13H15ClN4O3/c1-3-6-15-10-5-4-8(14)9(16-10)7-18-12(20)11(19)17(2)13(18)21/h4-5H,3,6-7H2,1-2H3,(H,15,16). The van der Waals surface area contributed by atoms with Crippen LogP contribution in [0.1, 0.15) is 19.0 Å². The van der Waals surface area contributed by atoms with Crippen LogP contribution in [0.3, 0.4) is 0 Å². The summed E-state index contributed by atoms with van der Waals surface area (Å²) in [7, 11) is 1.26. The number of nitrogens with one attached hydrogen (secondary N) is 1. The number of pyridine rings is 1. The third-order valence-electron chi connectivity index (χ3n) is 3.03. The summed E-state index contributed by atoms with van der Waals surface area (Å²) in [5, 5.41) is 3.42. The molecule has 2 rings (SSSR count). The van der Waals surface area contributed by atoms with Gasteiger partial charge in [-0.1, -0.05) is 18.5 Å². The quantitative estimate of drug-likeness (QED) is 0.658. The van der Waals surface area contributed by atoms with Crippen molar-refractivity contribution in [1.29, 1.82) is 0 Å². The van der Waals surface area contributed by atoms with E-state index < -0.39 is 17.8 Å². The summed E-state index contributed by atoms with van der Waals surface area (Å²) in [5.74, 6) is -1.11. The zero-order valence-corrected chi connectivity index (χ0v) is 12.5. The number of carbonyl (C=O) groups is 3. The fraction of sp³-hybridized carbons (Fsp3) is 0.385. The fourth-order valence-electron chi connectivity index (χ4n) is 1.85. The fourth-order valence-corrected chi connectivity index (χ4v) is 2.01. The van der Waals surface area contributed by atoms with Crippen molar-refractivity contribution in [2.24, 2.45) is 0 Å². The van der Waals surface area contributed by atoms with E-state index >= 15 is 0 Å². The Hall–Kier alpha value is -2.15. The zero-order valence-electron chi connectivity index (χ0n) is 11.7. The molecule has 2 heterocycles. The average molecular weight is 311 g/mol. The Labute approximate surface area is 126 Å². The highest BCUT2D eigenvalue weighted by atomic mass is 35.5. The van der Waals surface area contributed by atoms with Gasteiger partial charge in [0.25, 0.3) is 0 Å². The third-order valence-corrected chi connectivity index (χ3v) is 3.38. The first-order valence-corrected chi connectivity index (χ1v) is 6.86. The molecule has 1 aliphatic rings. The summed E-state index contributed by atoms with van der Waals surface area (Å²) in [4.78, 5) is 40.9. The second-order valence-corrected chi connectivity index (χ2v) is 5.00. The van der Waals surface area contributed by atoms with E-state index in [-0.39, 0.29) is 6.54 Å². The number of urea groups is 1. The van der Waals surface area contributed by atoms with Crippen molar-refractivity contribution in [1.82, 2.24) is 14.8 Å². The van der Waals surface area contributed by atoms with Gasteiger partial charge in [-0.25, -0.2) is 14.7 Å². The second kappa shape index (κ2) is 6.09. The predicted molar refractivity (Wildman–Crippen MR) is 76.7 cm³/mol. The molecule has 0 saturated carbocycles. The maximum atomic E-state index is 11.8. The molecular formula is C13H15ClN4O3. The molecule has 1 N–H and O–H groups in total. The van der Waals surface area contributed by atoms with Crippen molar-refractivity contribution < 1.29 is 14.4 Å². The lowest BCUT2D eigenvalue weighted by Crippen LogP contribution is -2.31. The molecule has 112 valence electrons. The van der Waals surface area contributed by atoms with E-state index in [0.717, 1.165) is 22.8 Å². The minimum Gasteiger partial charge on any atom is -0.370 e. The highest BCUT2D eigenvalue weighted by Crippen LogP contribution is 2.21. The molecule has 7 nitrogen and oxygen atoms in total. The molecule has 0 radical (unpaired) electrons. The Balaban J connectivity index is 2.21. The molecule has 0 bridgehead atoms. The molecule has 1 aromatic heterocycles. The normalized spacial score (nSPS) is 15.1. The summed E-state index contributed by atoms with van der Waals surface area (Å²) >= 11 is 6.04. The minimum atomic E-state index is -0.868. The summed E-state index contributed by atoms with van der Waals surface area (Å²) in [6.45, 7) is 2.64. The molecule has 0 unspecified atom stereocenters. The van der Waals surface area contributed by atoms with Gasteiger partial charge in [0.1, 0.15) is 5.82 Å². The number of aromatic nitrogens is 1. The van der Waals surface area contributed by atoms with E-state index in [4.69, 9.17) is 11.6 Å². The number of carbonyl (C=O) groups excluding carboxylic acids is 3. The smallest absolute Gasteiger partial charge is 0.334 e. The average Bonchev–Trinajstić information content (AvgIpc) is 2.65. The highest BCUT2D eigenvalue weighted by molar-refractivity contribution is 6.44. The topological polar surface area (TPSA) is 82.6 Å². The van der Waals surface area contributed by atoms with Gasteiger partial charge in [-0.2, -0.15) is 0 Å². The summed E-state index contributed by atoms with van der Waals surface area (Å²) in [6, 6.07) is 2.68. The molecule has 1 fully saturated rings. The Morgan fingerprint density at radius 1 is 1.24 bits per heavy atom. The van der Waals surface area contributed by atoms with Crippen molar-refractivity contribution in [3.05, 3.63) is 22.8 Å². The minimum absolute atomic E-state index is 0.131. The Kier molecular flexibility index (Phi) is 4.42. The lowest BCUT2D eigenvalue weighted by Gasteiger charge is -2.14. The van der Waals surface area contributed by atoms with E-state index in [9.17, 15) is 14.4 Å². The van der Waals surface area contributed by atoms with Gasteiger partial charge in [0.05, 0.1) is 17.3 Å². The monoisotopic (exact) mass is 310 g/mol. The van der Waals surface area contributed by atoms with Crippen molar-refractivity contribution in [3.63, 3.8) is 0 Å². The number of hydrogen-bond donors (Lipinski definition) is 1. The first kappa shape index (κ1) is 15.2. The number of rotatable bonds is 5. The molecule has 0 aromatic carbocycles. The van der Waals surface area contributed by atoms with Crippen LogP contribution in [-0.2, 0) is 16.1 Å². The number of hydrogen-bond acceptors (Lipinski definition) is 5. The van der Waals surface area contributed by atoms with Gasteiger partial charge < -0.3 is 5.32 Å². The molecule has 0 aliphatic carbocycles. The van der Waals surface area contributed by atoms with E-state index in [1.807, 2.05) is 6.92 Å². The largest absolute Gasteiger partial charge is 0.370 e. The third kappa shape index (κ3) is 2.97.